The molecule has 1 aliphatic rings. The zero-order valence-electron chi connectivity index (χ0n) is 9.61. The molecule has 90 valence electrons. The third kappa shape index (κ3) is 2.28. The highest BCUT2D eigenvalue weighted by atomic mass is 127. The fraction of sp³-hybridized carbons (Fsp3) is 0.417. The summed E-state index contributed by atoms with van der Waals surface area (Å²) in [7, 11) is 2.17. The fourth-order valence-electron chi connectivity index (χ4n) is 2.35. The number of hydrogen-bond acceptors (Lipinski definition) is 3. The summed E-state index contributed by atoms with van der Waals surface area (Å²) in [4.78, 5) is 11.7. The van der Waals surface area contributed by atoms with E-state index < -0.39 is 0 Å². The van der Waals surface area contributed by atoms with Crippen molar-refractivity contribution in [2.45, 2.75) is 18.9 Å². The van der Waals surface area contributed by atoms with Crippen molar-refractivity contribution in [2.24, 2.45) is 0 Å². The lowest BCUT2D eigenvalue weighted by atomic mass is 10.2. The molecule has 3 heterocycles. The summed E-state index contributed by atoms with van der Waals surface area (Å²) in [5, 5.41) is 0. The van der Waals surface area contributed by atoms with Gasteiger partial charge in [0.15, 0.2) is 0 Å². The van der Waals surface area contributed by atoms with Gasteiger partial charge in [-0.2, -0.15) is 0 Å². The number of likely N-dealkylation sites (tertiary alicyclic amines) is 1. The molecule has 0 aromatic carbocycles. The van der Waals surface area contributed by atoms with Crippen molar-refractivity contribution in [2.75, 3.05) is 13.6 Å². The van der Waals surface area contributed by atoms with E-state index >= 15 is 0 Å². The molecule has 2 aromatic heterocycles. The summed E-state index contributed by atoms with van der Waals surface area (Å²) in [5.41, 5.74) is 1.15. The Balaban J connectivity index is 1.87. The summed E-state index contributed by atoms with van der Waals surface area (Å²) >= 11 is 4.15. The molecule has 0 unspecified atom stereocenters. The van der Waals surface area contributed by atoms with Crippen molar-refractivity contribution in [3.05, 3.63) is 27.0 Å². The van der Waals surface area contributed by atoms with E-state index in [9.17, 15) is 0 Å². The predicted molar refractivity (Wildman–Crippen MR) is 79.2 cm³/mol. The minimum absolute atomic E-state index is 0.475. The molecule has 0 saturated carbocycles. The van der Waals surface area contributed by atoms with Crippen LogP contribution in [-0.4, -0.2) is 28.5 Å². The second-order valence-corrected chi connectivity index (χ2v) is 7.40. The first kappa shape index (κ1) is 11.7. The summed E-state index contributed by atoms with van der Waals surface area (Å²) in [6.07, 6.45) is 4.45. The van der Waals surface area contributed by atoms with E-state index in [2.05, 4.69) is 56.6 Å². The van der Waals surface area contributed by atoms with Gasteiger partial charge in [0.2, 0.25) is 0 Å². The average molecular weight is 359 g/mol. The zero-order chi connectivity index (χ0) is 11.8. The number of H-pyrrole nitrogens is 1. The number of nitrogens with zero attached hydrogens (tertiary/aromatic N) is 2. The Hall–Kier alpha value is -0.400. The summed E-state index contributed by atoms with van der Waals surface area (Å²) in [6.45, 7) is 1.18. The van der Waals surface area contributed by atoms with Gasteiger partial charge in [-0.25, -0.2) is 4.98 Å². The smallest absolute Gasteiger partial charge is 0.123 e. The van der Waals surface area contributed by atoms with Crippen LogP contribution in [0, 0.1) is 2.88 Å². The second-order valence-electron chi connectivity index (χ2n) is 4.42. The van der Waals surface area contributed by atoms with Crippen molar-refractivity contribution in [3.63, 3.8) is 0 Å². The van der Waals surface area contributed by atoms with Crippen LogP contribution in [0.3, 0.4) is 0 Å². The normalized spacial score (nSPS) is 21.2. The summed E-state index contributed by atoms with van der Waals surface area (Å²) < 4.78 is 1.31. The SMILES string of the molecule is CN1CCC[C@H]1c1ncc(-c2ccc(I)s2)[nH]1. The van der Waals surface area contributed by atoms with Crippen molar-refractivity contribution in [1.29, 1.82) is 0 Å². The highest BCUT2D eigenvalue weighted by molar-refractivity contribution is 14.1. The second kappa shape index (κ2) is 4.70. The molecule has 1 N–H and O–H groups in total. The topological polar surface area (TPSA) is 31.9 Å². The Morgan fingerprint density at radius 1 is 1.53 bits per heavy atom. The lowest BCUT2D eigenvalue weighted by Gasteiger charge is -2.16. The summed E-state index contributed by atoms with van der Waals surface area (Å²) in [5.74, 6) is 1.11. The minimum Gasteiger partial charge on any atom is -0.340 e. The molecular weight excluding hydrogens is 345 g/mol. The molecule has 0 aliphatic carbocycles. The van der Waals surface area contributed by atoms with Crippen molar-refractivity contribution < 1.29 is 0 Å². The first-order valence-corrected chi connectivity index (χ1v) is 7.64. The van der Waals surface area contributed by atoms with Crippen molar-refractivity contribution in [3.8, 4) is 10.6 Å². The molecule has 2 aromatic rings. The van der Waals surface area contributed by atoms with E-state index in [0.717, 1.165) is 11.5 Å². The Labute approximate surface area is 118 Å². The third-order valence-electron chi connectivity index (χ3n) is 3.27. The van der Waals surface area contributed by atoms with Crippen LogP contribution in [0.1, 0.15) is 24.7 Å². The van der Waals surface area contributed by atoms with Gasteiger partial charge in [-0.15, -0.1) is 11.3 Å². The molecule has 3 nitrogen and oxygen atoms in total. The van der Waals surface area contributed by atoms with Gasteiger partial charge < -0.3 is 4.98 Å². The Kier molecular flexibility index (Phi) is 3.23. The number of imidazole rings is 1. The number of halogens is 1. The number of hydrogen-bond donors (Lipinski definition) is 1. The molecule has 1 aliphatic heterocycles. The highest BCUT2D eigenvalue weighted by Crippen LogP contribution is 2.32. The predicted octanol–water partition coefficient (Wildman–Crippen LogP) is 3.51. The van der Waals surface area contributed by atoms with Gasteiger partial charge in [0.25, 0.3) is 0 Å². The van der Waals surface area contributed by atoms with Crippen LogP contribution in [0.5, 0.6) is 0 Å². The van der Waals surface area contributed by atoms with Crippen molar-refractivity contribution in [1.82, 2.24) is 14.9 Å². The number of thiophene rings is 1. The van der Waals surface area contributed by atoms with Gasteiger partial charge in [-0.05, 0) is 61.2 Å². The van der Waals surface area contributed by atoms with E-state index in [1.54, 1.807) is 11.3 Å². The van der Waals surface area contributed by atoms with Gasteiger partial charge in [0.1, 0.15) is 5.82 Å². The van der Waals surface area contributed by atoms with E-state index in [1.165, 1.54) is 27.1 Å². The molecule has 1 saturated heterocycles. The lowest BCUT2D eigenvalue weighted by Crippen LogP contribution is -2.18. The molecule has 5 heteroatoms. The van der Waals surface area contributed by atoms with Crippen molar-refractivity contribution >= 4 is 33.9 Å². The average Bonchev–Trinajstić information content (AvgIpc) is 2.97. The molecule has 0 spiro atoms. The van der Waals surface area contributed by atoms with E-state index in [0.29, 0.717) is 6.04 Å². The monoisotopic (exact) mass is 359 g/mol. The fourth-order valence-corrected chi connectivity index (χ4v) is 3.93. The molecule has 1 fully saturated rings. The van der Waals surface area contributed by atoms with E-state index in [4.69, 9.17) is 0 Å². The lowest BCUT2D eigenvalue weighted by molar-refractivity contribution is 0.307. The minimum atomic E-state index is 0.475. The van der Waals surface area contributed by atoms with E-state index in [-0.39, 0.29) is 0 Å². The van der Waals surface area contributed by atoms with Gasteiger partial charge in [0.05, 0.1) is 25.7 Å². The molecule has 17 heavy (non-hydrogen) atoms. The van der Waals surface area contributed by atoms with Crippen LogP contribution in [0.25, 0.3) is 10.6 Å². The Morgan fingerprint density at radius 2 is 2.41 bits per heavy atom. The number of nitrogens with one attached hydrogen (secondary N) is 1. The molecule has 0 radical (unpaired) electrons. The maximum absolute atomic E-state index is 4.54. The molecule has 0 bridgehead atoms. The zero-order valence-corrected chi connectivity index (χ0v) is 12.6. The Morgan fingerprint density at radius 3 is 3.06 bits per heavy atom. The molecular formula is C12H14IN3S. The van der Waals surface area contributed by atoms with Crippen LogP contribution in [0.4, 0.5) is 0 Å². The quantitative estimate of drug-likeness (QED) is 0.833. The standard InChI is InChI=1S/C12H14IN3S/c1-16-6-2-3-9(16)12-14-7-8(15-12)10-4-5-11(13)17-10/h4-5,7,9H,2-3,6H2,1H3,(H,14,15)/t9-/m0/s1. The number of aromatic nitrogens is 2. The maximum Gasteiger partial charge on any atom is 0.123 e. The summed E-state index contributed by atoms with van der Waals surface area (Å²) in [6, 6.07) is 4.77. The van der Waals surface area contributed by atoms with E-state index in [1.807, 2.05) is 6.20 Å². The van der Waals surface area contributed by atoms with Gasteiger partial charge in [-0.3, -0.25) is 4.90 Å². The Bertz CT molecular complexity index is 519. The first-order chi connectivity index (χ1) is 8.24. The van der Waals surface area contributed by atoms with Crippen LogP contribution < -0.4 is 0 Å². The molecule has 1 atom stereocenters. The number of rotatable bonds is 2. The highest BCUT2D eigenvalue weighted by Gasteiger charge is 2.25. The third-order valence-corrected chi connectivity index (χ3v) is 5.20. The first-order valence-electron chi connectivity index (χ1n) is 5.75. The molecule has 0 amide bonds. The van der Waals surface area contributed by atoms with Gasteiger partial charge in [-0.1, -0.05) is 0 Å². The van der Waals surface area contributed by atoms with Gasteiger partial charge >= 0.3 is 0 Å². The largest absolute Gasteiger partial charge is 0.340 e. The molecule has 3 rings (SSSR count). The maximum atomic E-state index is 4.54. The van der Waals surface area contributed by atoms with Crippen LogP contribution in [0.15, 0.2) is 18.3 Å². The van der Waals surface area contributed by atoms with Crippen LogP contribution >= 0.6 is 33.9 Å². The van der Waals surface area contributed by atoms with Crippen LogP contribution in [-0.2, 0) is 0 Å². The van der Waals surface area contributed by atoms with Gasteiger partial charge in [0, 0.05) is 0 Å². The number of aromatic amines is 1. The van der Waals surface area contributed by atoms with Crippen LogP contribution in [0.2, 0.25) is 0 Å².